The average molecular weight is 299 g/mol. The molecule has 1 heterocycles. The molecule has 0 aliphatic rings. The topological polar surface area (TPSA) is 37.4 Å². The van der Waals surface area contributed by atoms with Crippen LogP contribution in [0.2, 0.25) is 0 Å². The van der Waals surface area contributed by atoms with Crippen LogP contribution >= 0.6 is 11.3 Å². The van der Waals surface area contributed by atoms with Crippen molar-refractivity contribution in [3.05, 3.63) is 10.6 Å². The van der Waals surface area contributed by atoms with Gasteiger partial charge < -0.3 is 15.0 Å². The molecule has 0 fully saturated rings. The third kappa shape index (κ3) is 5.04. The van der Waals surface area contributed by atoms with Crippen molar-refractivity contribution >= 4 is 16.5 Å². The first-order valence-electron chi connectivity index (χ1n) is 7.66. The molecule has 0 atom stereocenters. The van der Waals surface area contributed by atoms with Crippen LogP contribution in [0.1, 0.15) is 51.1 Å². The van der Waals surface area contributed by atoms with E-state index in [9.17, 15) is 0 Å². The summed E-state index contributed by atoms with van der Waals surface area (Å²) in [6.45, 7) is 16.1. The first kappa shape index (κ1) is 17.4. The second-order valence-corrected chi connectivity index (χ2v) is 6.08. The van der Waals surface area contributed by atoms with Crippen LogP contribution < -0.4 is 10.2 Å². The van der Waals surface area contributed by atoms with Gasteiger partial charge in [0.25, 0.3) is 0 Å². The third-order valence-corrected chi connectivity index (χ3v) is 4.29. The Balaban J connectivity index is 2.81. The van der Waals surface area contributed by atoms with Gasteiger partial charge in [0.15, 0.2) is 5.13 Å². The van der Waals surface area contributed by atoms with Crippen LogP contribution in [0, 0.1) is 0 Å². The summed E-state index contributed by atoms with van der Waals surface area (Å²) in [6.07, 6.45) is 0. The monoisotopic (exact) mass is 299 g/mol. The molecule has 20 heavy (non-hydrogen) atoms. The lowest BCUT2D eigenvalue weighted by atomic mass is 10.1. The molecule has 0 saturated carbocycles. The van der Waals surface area contributed by atoms with Crippen LogP contribution in [-0.4, -0.2) is 37.8 Å². The van der Waals surface area contributed by atoms with E-state index in [1.165, 1.54) is 10.6 Å². The molecule has 0 spiro atoms. The van der Waals surface area contributed by atoms with Gasteiger partial charge in [0.05, 0.1) is 12.3 Å². The number of likely N-dealkylation sites (N-methyl/N-ethyl adjacent to an activating group) is 1. The molecular weight excluding hydrogens is 270 g/mol. The number of hydrogen-bond acceptors (Lipinski definition) is 5. The molecule has 0 unspecified atom stereocenters. The Morgan fingerprint density at radius 3 is 2.60 bits per heavy atom. The maximum absolute atomic E-state index is 5.46. The summed E-state index contributed by atoms with van der Waals surface area (Å²) in [5.41, 5.74) is 1.24. The highest BCUT2D eigenvalue weighted by molar-refractivity contribution is 7.15. The van der Waals surface area contributed by atoms with E-state index < -0.39 is 0 Å². The summed E-state index contributed by atoms with van der Waals surface area (Å²) < 4.78 is 5.46. The van der Waals surface area contributed by atoms with E-state index >= 15 is 0 Å². The van der Waals surface area contributed by atoms with Crippen LogP contribution in [0.5, 0.6) is 0 Å². The van der Waals surface area contributed by atoms with Crippen molar-refractivity contribution in [3.8, 4) is 0 Å². The van der Waals surface area contributed by atoms with Crippen molar-refractivity contribution in [1.29, 1.82) is 0 Å². The molecule has 1 aromatic rings. The standard InChI is InChI=1S/C15H29N3OS/c1-6-16-11-13-14(12(4)5)17-15(20-13)18(7-2)9-10-19-8-3/h12,16H,6-11H2,1-5H3. The summed E-state index contributed by atoms with van der Waals surface area (Å²) in [5.74, 6) is 0.472. The van der Waals surface area contributed by atoms with Crippen molar-refractivity contribution < 1.29 is 4.74 Å². The Morgan fingerprint density at radius 2 is 2.05 bits per heavy atom. The van der Waals surface area contributed by atoms with E-state index in [0.717, 1.165) is 44.5 Å². The number of thiazole rings is 1. The highest BCUT2D eigenvalue weighted by Crippen LogP contribution is 2.30. The Labute approximate surface area is 127 Å². The normalized spacial score (nSPS) is 11.3. The highest BCUT2D eigenvalue weighted by atomic mass is 32.1. The molecule has 0 aromatic carbocycles. The maximum atomic E-state index is 5.46. The second-order valence-electron chi connectivity index (χ2n) is 5.02. The maximum Gasteiger partial charge on any atom is 0.185 e. The van der Waals surface area contributed by atoms with Gasteiger partial charge in [-0.1, -0.05) is 20.8 Å². The Kier molecular flexibility index (Phi) is 8.11. The molecule has 0 aliphatic heterocycles. The van der Waals surface area contributed by atoms with Crippen molar-refractivity contribution in [2.75, 3.05) is 37.7 Å². The molecular formula is C15H29N3OS. The third-order valence-electron chi connectivity index (χ3n) is 3.16. The Bertz CT molecular complexity index is 379. The summed E-state index contributed by atoms with van der Waals surface area (Å²) in [7, 11) is 0. The number of nitrogens with zero attached hydrogens (tertiary/aromatic N) is 2. The highest BCUT2D eigenvalue weighted by Gasteiger charge is 2.17. The van der Waals surface area contributed by atoms with Crippen LogP contribution in [0.4, 0.5) is 5.13 Å². The Hall–Kier alpha value is -0.650. The summed E-state index contributed by atoms with van der Waals surface area (Å²) in [5, 5.41) is 4.54. The first-order valence-corrected chi connectivity index (χ1v) is 8.48. The molecule has 1 rings (SSSR count). The molecule has 0 amide bonds. The zero-order valence-corrected chi connectivity index (χ0v) is 14.3. The zero-order valence-electron chi connectivity index (χ0n) is 13.5. The molecule has 0 aliphatic carbocycles. The van der Waals surface area contributed by atoms with Crippen LogP contribution in [0.3, 0.4) is 0 Å². The first-order chi connectivity index (χ1) is 9.63. The lowest BCUT2D eigenvalue weighted by Crippen LogP contribution is -2.27. The van der Waals surface area contributed by atoms with Gasteiger partial charge in [0.2, 0.25) is 0 Å². The van der Waals surface area contributed by atoms with Crippen molar-refractivity contribution in [2.24, 2.45) is 0 Å². The van der Waals surface area contributed by atoms with Gasteiger partial charge in [-0.3, -0.25) is 0 Å². The number of hydrogen-bond donors (Lipinski definition) is 1. The number of rotatable bonds is 10. The molecule has 5 heteroatoms. The van der Waals surface area contributed by atoms with E-state index in [-0.39, 0.29) is 0 Å². The fraction of sp³-hybridized carbons (Fsp3) is 0.800. The smallest absolute Gasteiger partial charge is 0.185 e. The number of ether oxygens (including phenoxy) is 1. The lowest BCUT2D eigenvalue weighted by molar-refractivity contribution is 0.154. The van der Waals surface area contributed by atoms with Gasteiger partial charge in [0.1, 0.15) is 0 Å². The van der Waals surface area contributed by atoms with Gasteiger partial charge in [-0.25, -0.2) is 4.98 Å². The second kappa shape index (κ2) is 9.32. The van der Waals surface area contributed by atoms with E-state index in [0.29, 0.717) is 5.92 Å². The fourth-order valence-corrected chi connectivity index (χ4v) is 3.28. The van der Waals surface area contributed by atoms with E-state index in [1.807, 2.05) is 18.3 Å². The van der Waals surface area contributed by atoms with Gasteiger partial charge >= 0.3 is 0 Å². The molecule has 4 nitrogen and oxygen atoms in total. The zero-order chi connectivity index (χ0) is 15.0. The minimum atomic E-state index is 0.472. The van der Waals surface area contributed by atoms with Gasteiger partial charge in [0, 0.05) is 31.1 Å². The van der Waals surface area contributed by atoms with Crippen molar-refractivity contribution in [3.63, 3.8) is 0 Å². The van der Waals surface area contributed by atoms with E-state index in [2.05, 4.69) is 37.9 Å². The Morgan fingerprint density at radius 1 is 1.30 bits per heavy atom. The summed E-state index contributed by atoms with van der Waals surface area (Å²) >= 11 is 1.82. The van der Waals surface area contributed by atoms with Gasteiger partial charge in [-0.15, -0.1) is 11.3 Å². The van der Waals surface area contributed by atoms with Gasteiger partial charge in [-0.2, -0.15) is 0 Å². The molecule has 0 saturated heterocycles. The predicted molar refractivity (Wildman–Crippen MR) is 88.0 cm³/mol. The fourth-order valence-electron chi connectivity index (χ4n) is 2.01. The molecule has 0 radical (unpaired) electrons. The minimum Gasteiger partial charge on any atom is -0.380 e. The number of nitrogens with one attached hydrogen (secondary N) is 1. The molecule has 1 aromatic heterocycles. The lowest BCUT2D eigenvalue weighted by Gasteiger charge is -2.19. The van der Waals surface area contributed by atoms with Gasteiger partial charge in [-0.05, 0) is 26.3 Å². The number of anilines is 1. The average Bonchev–Trinajstić information content (AvgIpc) is 2.85. The quantitative estimate of drug-likeness (QED) is 0.673. The predicted octanol–water partition coefficient (Wildman–Crippen LogP) is 3.24. The van der Waals surface area contributed by atoms with Crippen LogP contribution in [0.15, 0.2) is 0 Å². The number of aromatic nitrogens is 1. The summed E-state index contributed by atoms with van der Waals surface area (Å²) in [4.78, 5) is 8.54. The minimum absolute atomic E-state index is 0.472. The SMILES string of the molecule is CCNCc1sc(N(CC)CCOCC)nc1C(C)C. The molecule has 0 bridgehead atoms. The van der Waals surface area contributed by atoms with Crippen LogP contribution in [-0.2, 0) is 11.3 Å². The van der Waals surface area contributed by atoms with Crippen LogP contribution in [0.25, 0.3) is 0 Å². The largest absolute Gasteiger partial charge is 0.380 e. The van der Waals surface area contributed by atoms with Crippen molar-refractivity contribution in [1.82, 2.24) is 10.3 Å². The van der Waals surface area contributed by atoms with E-state index in [1.54, 1.807) is 0 Å². The molecule has 116 valence electrons. The summed E-state index contributed by atoms with van der Waals surface area (Å²) in [6, 6.07) is 0. The van der Waals surface area contributed by atoms with E-state index in [4.69, 9.17) is 9.72 Å². The van der Waals surface area contributed by atoms with Crippen molar-refractivity contribution in [2.45, 2.75) is 47.1 Å². The molecule has 1 N–H and O–H groups in total.